The number of nitrogens with one attached hydrogen (secondary N) is 1. The maximum Gasteiger partial charge on any atom is 0.243 e. The fraction of sp³-hybridized carbons (Fsp3) is 0.381. The number of aromatic nitrogens is 1. The number of pyridine rings is 1. The third-order valence-corrected chi connectivity index (χ3v) is 7.03. The third-order valence-electron chi connectivity index (χ3n) is 5.12. The van der Waals surface area contributed by atoms with E-state index in [4.69, 9.17) is 4.74 Å². The summed E-state index contributed by atoms with van der Waals surface area (Å²) in [5, 5.41) is 3.43. The van der Waals surface area contributed by atoms with Crippen molar-refractivity contribution in [2.24, 2.45) is 0 Å². The third kappa shape index (κ3) is 4.43. The van der Waals surface area contributed by atoms with Gasteiger partial charge in [-0.15, -0.1) is 0 Å². The molecule has 1 aromatic heterocycles. The van der Waals surface area contributed by atoms with Gasteiger partial charge in [-0.05, 0) is 68.1 Å². The fourth-order valence-corrected chi connectivity index (χ4v) is 5.10. The average molecular weight is 400 g/mol. The van der Waals surface area contributed by atoms with Crippen LogP contribution < -0.4 is 10.1 Å². The topological polar surface area (TPSA) is 71.5 Å². The molecule has 3 heterocycles. The second-order valence-electron chi connectivity index (χ2n) is 7.20. The number of rotatable bonds is 6. The van der Waals surface area contributed by atoms with Crippen LogP contribution in [0.1, 0.15) is 31.2 Å². The molecule has 1 aromatic carbocycles. The minimum atomic E-state index is -3.40. The molecule has 0 amide bonds. The summed E-state index contributed by atoms with van der Waals surface area (Å²) in [7, 11) is -3.40. The van der Waals surface area contributed by atoms with E-state index in [2.05, 4.69) is 22.5 Å². The van der Waals surface area contributed by atoms with E-state index >= 15 is 0 Å². The molecule has 4 rings (SSSR count). The van der Waals surface area contributed by atoms with Crippen molar-refractivity contribution >= 4 is 16.1 Å². The summed E-state index contributed by atoms with van der Waals surface area (Å²) in [5.74, 6) is 1.21. The Morgan fingerprint density at radius 2 is 1.86 bits per heavy atom. The lowest BCUT2D eigenvalue weighted by molar-refractivity contribution is 0.474. The van der Waals surface area contributed by atoms with Gasteiger partial charge in [0.15, 0.2) is 0 Å². The first-order valence-corrected chi connectivity index (χ1v) is 11.2. The zero-order valence-electron chi connectivity index (χ0n) is 15.8. The van der Waals surface area contributed by atoms with Crippen molar-refractivity contribution in [2.45, 2.75) is 36.6 Å². The summed E-state index contributed by atoms with van der Waals surface area (Å²) < 4.78 is 32.6. The Kier molecular flexibility index (Phi) is 5.75. The molecule has 0 spiro atoms. The van der Waals surface area contributed by atoms with Crippen LogP contribution >= 0.6 is 0 Å². The number of nitrogens with zero attached hydrogens (tertiary/aromatic N) is 2. The first kappa shape index (κ1) is 19.1. The first-order valence-electron chi connectivity index (χ1n) is 9.76. The second kappa shape index (κ2) is 8.43. The van der Waals surface area contributed by atoms with Gasteiger partial charge in [0.05, 0.1) is 11.1 Å². The maximum absolute atomic E-state index is 12.6. The van der Waals surface area contributed by atoms with Crippen LogP contribution in [0.3, 0.4) is 0 Å². The highest BCUT2D eigenvalue weighted by Gasteiger charge is 2.26. The van der Waals surface area contributed by atoms with E-state index in [1.807, 2.05) is 6.07 Å². The van der Waals surface area contributed by atoms with Crippen molar-refractivity contribution in [2.75, 3.05) is 19.6 Å². The first-order chi connectivity index (χ1) is 13.6. The molecule has 0 unspecified atom stereocenters. The minimum absolute atomic E-state index is 0.306. The van der Waals surface area contributed by atoms with Crippen molar-refractivity contribution in [1.29, 1.82) is 0 Å². The van der Waals surface area contributed by atoms with E-state index < -0.39 is 10.0 Å². The average Bonchev–Trinajstić information content (AvgIpc) is 3.41. The Morgan fingerprint density at radius 3 is 2.57 bits per heavy atom. The van der Waals surface area contributed by atoms with Crippen LogP contribution in [-0.4, -0.2) is 43.4 Å². The van der Waals surface area contributed by atoms with Crippen LogP contribution in [0.2, 0.25) is 0 Å². The predicted molar refractivity (Wildman–Crippen MR) is 109 cm³/mol. The Labute approximate surface area is 166 Å². The standard InChI is InChI=1S/C21H25N3O3S/c25-28(26,24-12-1-2-13-24)21-9-7-19(8-10-21)27-20-14-17(15-22-16-20)5-6-18-4-3-11-23-18/h5-10,14-16,18,23H,1-4,11-13H2/t18-/m1/s1. The molecule has 0 saturated carbocycles. The number of hydrogen-bond donors (Lipinski definition) is 1. The Hall–Kier alpha value is -2.22. The van der Waals surface area contributed by atoms with Gasteiger partial charge in [0.2, 0.25) is 10.0 Å². The molecule has 2 fully saturated rings. The van der Waals surface area contributed by atoms with Crippen LogP contribution in [-0.2, 0) is 10.0 Å². The minimum Gasteiger partial charge on any atom is -0.456 e. The maximum atomic E-state index is 12.6. The molecule has 2 aliphatic heterocycles. The number of sulfonamides is 1. The predicted octanol–water partition coefficient (Wildman–Crippen LogP) is 3.42. The number of ether oxygens (including phenoxy) is 1. The van der Waals surface area contributed by atoms with E-state index in [1.165, 1.54) is 6.42 Å². The van der Waals surface area contributed by atoms with Gasteiger partial charge in [-0.1, -0.05) is 12.2 Å². The van der Waals surface area contributed by atoms with E-state index in [-0.39, 0.29) is 0 Å². The Bertz CT molecular complexity index is 930. The normalized spacial score (nSPS) is 20.8. The molecule has 2 aliphatic rings. The van der Waals surface area contributed by atoms with Crippen LogP contribution in [0.25, 0.3) is 6.08 Å². The molecule has 0 bridgehead atoms. The van der Waals surface area contributed by atoms with Gasteiger partial charge in [0, 0.05) is 25.3 Å². The van der Waals surface area contributed by atoms with E-state index in [0.717, 1.165) is 31.4 Å². The van der Waals surface area contributed by atoms with Crippen LogP contribution in [0, 0.1) is 0 Å². The highest BCUT2D eigenvalue weighted by atomic mass is 32.2. The van der Waals surface area contributed by atoms with Gasteiger partial charge in [-0.25, -0.2) is 8.42 Å². The summed E-state index contributed by atoms with van der Waals surface area (Å²) in [6.45, 7) is 2.27. The molecule has 0 radical (unpaired) electrons. The zero-order valence-corrected chi connectivity index (χ0v) is 16.6. The summed E-state index contributed by atoms with van der Waals surface area (Å²) >= 11 is 0. The highest BCUT2D eigenvalue weighted by Crippen LogP contribution is 2.26. The molecule has 6 nitrogen and oxygen atoms in total. The van der Waals surface area contributed by atoms with Crippen molar-refractivity contribution < 1.29 is 13.2 Å². The molecule has 0 aliphatic carbocycles. The Morgan fingerprint density at radius 1 is 1.07 bits per heavy atom. The van der Waals surface area contributed by atoms with E-state index in [9.17, 15) is 8.42 Å². The van der Waals surface area contributed by atoms with Gasteiger partial charge in [0.25, 0.3) is 0 Å². The van der Waals surface area contributed by atoms with Gasteiger partial charge >= 0.3 is 0 Å². The largest absolute Gasteiger partial charge is 0.456 e. The monoisotopic (exact) mass is 399 g/mol. The van der Waals surface area contributed by atoms with Crippen molar-refractivity contribution in [1.82, 2.24) is 14.6 Å². The molecule has 148 valence electrons. The molecule has 1 N–H and O–H groups in total. The van der Waals surface area contributed by atoms with Crippen LogP contribution in [0.4, 0.5) is 0 Å². The highest BCUT2D eigenvalue weighted by molar-refractivity contribution is 7.89. The summed E-state index contributed by atoms with van der Waals surface area (Å²) in [4.78, 5) is 4.54. The number of benzene rings is 1. The summed E-state index contributed by atoms with van der Waals surface area (Å²) in [5.41, 5.74) is 0.972. The lowest BCUT2D eigenvalue weighted by Gasteiger charge is -2.15. The second-order valence-corrected chi connectivity index (χ2v) is 9.14. The van der Waals surface area contributed by atoms with Crippen molar-refractivity contribution in [3.8, 4) is 11.5 Å². The van der Waals surface area contributed by atoms with Crippen LogP contribution in [0.15, 0.2) is 53.7 Å². The van der Waals surface area contributed by atoms with Crippen molar-refractivity contribution in [3.05, 3.63) is 54.4 Å². The molecule has 28 heavy (non-hydrogen) atoms. The SMILES string of the molecule is O=S(=O)(c1ccc(Oc2cncc(C=C[C@H]3CCCN3)c2)cc1)N1CCCC1. The van der Waals surface area contributed by atoms with Gasteiger partial charge in [-0.2, -0.15) is 4.31 Å². The molecule has 2 saturated heterocycles. The van der Waals surface area contributed by atoms with Crippen LogP contribution in [0.5, 0.6) is 11.5 Å². The van der Waals surface area contributed by atoms with Gasteiger partial charge < -0.3 is 10.1 Å². The van der Waals surface area contributed by atoms with E-state index in [0.29, 0.717) is 35.5 Å². The van der Waals surface area contributed by atoms with Crippen molar-refractivity contribution in [3.63, 3.8) is 0 Å². The summed E-state index contributed by atoms with van der Waals surface area (Å²) in [6.07, 6.45) is 11.9. The Balaban J connectivity index is 1.43. The lowest BCUT2D eigenvalue weighted by atomic mass is 10.2. The molecule has 1 atom stereocenters. The fourth-order valence-electron chi connectivity index (χ4n) is 3.58. The van der Waals surface area contributed by atoms with Gasteiger partial charge in [0.1, 0.15) is 11.5 Å². The molecule has 7 heteroatoms. The van der Waals surface area contributed by atoms with E-state index in [1.54, 1.807) is 41.0 Å². The lowest BCUT2D eigenvalue weighted by Crippen LogP contribution is -2.27. The quantitative estimate of drug-likeness (QED) is 0.806. The molecular formula is C21H25N3O3S. The van der Waals surface area contributed by atoms with Gasteiger partial charge in [-0.3, -0.25) is 4.98 Å². The zero-order chi connectivity index (χ0) is 19.4. The number of hydrogen-bond acceptors (Lipinski definition) is 5. The summed E-state index contributed by atoms with van der Waals surface area (Å²) in [6, 6.07) is 8.93. The smallest absolute Gasteiger partial charge is 0.243 e. The molecule has 2 aromatic rings. The molecular weight excluding hydrogens is 374 g/mol.